The molecule has 0 aliphatic heterocycles. The predicted octanol–water partition coefficient (Wildman–Crippen LogP) is 2.06. The molecule has 0 saturated carbocycles. The van der Waals surface area contributed by atoms with E-state index in [1.807, 2.05) is 0 Å². The van der Waals surface area contributed by atoms with Crippen molar-refractivity contribution in [3.05, 3.63) is 0 Å². The molecular formula is C7H18Mg. The lowest BCUT2D eigenvalue weighted by atomic mass is 10.2. The fourth-order valence-corrected chi connectivity index (χ4v) is 0.677. The molecule has 48 valence electrons. The first-order chi connectivity index (χ1) is 3.41. The molecule has 0 aromatic rings. The van der Waals surface area contributed by atoms with Crippen LogP contribution in [0.4, 0.5) is 0 Å². The van der Waals surface area contributed by atoms with Crippen LogP contribution in [0.5, 0.6) is 0 Å². The van der Waals surface area contributed by atoms with Gasteiger partial charge in [-0.2, -0.15) is 0 Å². The third-order valence-electron chi connectivity index (χ3n) is 1.21. The van der Waals surface area contributed by atoms with Crippen LogP contribution in [0.1, 0.15) is 46.0 Å². The zero-order valence-corrected chi connectivity index (χ0v) is 5.54. The molecule has 0 spiro atoms. The van der Waals surface area contributed by atoms with Gasteiger partial charge in [0.2, 0.25) is 0 Å². The van der Waals surface area contributed by atoms with E-state index in [4.69, 9.17) is 0 Å². The van der Waals surface area contributed by atoms with Gasteiger partial charge in [-0.05, 0) is 0 Å². The Balaban J connectivity index is 0. The van der Waals surface area contributed by atoms with Crippen LogP contribution in [-0.4, -0.2) is 23.1 Å². The van der Waals surface area contributed by atoms with Crippen molar-refractivity contribution in [3.8, 4) is 0 Å². The van der Waals surface area contributed by atoms with Crippen molar-refractivity contribution in [1.82, 2.24) is 0 Å². The van der Waals surface area contributed by atoms with Crippen molar-refractivity contribution in [3.63, 3.8) is 0 Å². The standard InChI is InChI=1S/C7H16.Mg.2H/c1-3-5-7-6-4-2;;;/h3-7H2,1-2H3;;;. The minimum atomic E-state index is 0. The van der Waals surface area contributed by atoms with E-state index < -0.39 is 0 Å². The molecule has 0 fully saturated rings. The van der Waals surface area contributed by atoms with Crippen molar-refractivity contribution in [2.75, 3.05) is 0 Å². The molecule has 8 heavy (non-hydrogen) atoms. The second-order valence-electron chi connectivity index (χ2n) is 2.06. The van der Waals surface area contributed by atoms with Gasteiger partial charge in [-0.1, -0.05) is 46.0 Å². The fourth-order valence-electron chi connectivity index (χ4n) is 0.677. The summed E-state index contributed by atoms with van der Waals surface area (Å²) < 4.78 is 0. The van der Waals surface area contributed by atoms with Gasteiger partial charge < -0.3 is 0 Å². The minimum absolute atomic E-state index is 0. The Morgan fingerprint density at radius 1 is 0.750 bits per heavy atom. The quantitative estimate of drug-likeness (QED) is 0.400. The number of rotatable bonds is 4. The van der Waals surface area contributed by atoms with Crippen molar-refractivity contribution < 1.29 is 0 Å². The van der Waals surface area contributed by atoms with Crippen LogP contribution in [0.2, 0.25) is 0 Å². The van der Waals surface area contributed by atoms with E-state index in [9.17, 15) is 0 Å². The van der Waals surface area contributed by atoms with Crippen molar-refractivity contribution in [1.29, 1.82) is 0 Å². The molecule has 0 unspecified atom stereocenters. The molecule has 0 aromatic heterocycles. The average molecular weight is 127 g/mol. The summed E-state index contributed by atoms with van der Waals surface area (Å²) in [6, 6.07) is 0. The molecule has 0 N–H and O–H groups in total. The Morgan fingerprint density at radius 3 is 1.38 bits per heavy atom. The molecule has 0 nitrogen and oxygen atoms in total. The van der Waals surface area contributed by atoms with E-state index >= 15 is 0 Å². The van der Waals surface area contributed by atoms with Crippen molar-refractivity contribution in [2.45, 2.75) is 46.0 Å². The summed E-state index contributed by atoms with van der Waals surface area (Å²) in [6.45, 7) is 4.49. The summed E-state index contributed by atoms with van der Waals surface area (Å²) >= 11 is 0. The van der Waals surface area contributed by atoms with E-state index in [1.54, 1.807) is 0 Å². The highest BCUT2D eigenvalue weighted by Crippen LogP contribution is 2.00. The lowest BCUT2D eigenvalue weighted by Gasteiger charge is -1.90. The van der Waals surface area contributed by atoms with Crippen LogP contribution in [0.3, 0.4) is 0 Å². The van der Waals surface area contributed by atoms with Crippen LogP contribution < -0.4 is 0 Å². The second kappa shape index (κ2) is 10.7. The van der Waals surface area contributed by atoms with Gasteiger partial charge in [0, 0.05) is 0 Å². The Kier molecular flexibility index (Phi) is 15.4. The second-order valence-corrected chi connectivity index (χ2v) is 2.06. The van der Waals surface area contributed by atoms with Gasteiger partial charge >= 0.3 is 23.1 Å². The van der Waals surface area contributed by atoms with E-state index in [2.05, 4.69) is 13.8 Å². The highest BCUT2D eigenvalue weighted by Gasteiger charge is 1.80. The Labute approximate surface area is 69.2 Å². The molecule has 1 heteroatoms. The third kappa shape index (κ3) is 9.90. The summed E-state index contributed by atoms with van der Waals surface area (Å²) in [7, 11) is 0. The number of unbranched alkanes of at least 4 members (excludes halogenated alkanes) is 4. The van der Waals surface area contributed by atoms with Gasteiger partial charge in [-0.3, -0.25) is 0 Å². The minimum Gasteiger partial charge on any atom is -0.0654 e. The van der Waals surface area contributed by atoms with Gasteiger partial charge in [-0.25, -0.2) is 0 Å². The van der Waals surface area contributed by atoms with E-state index in [1.165, 1.54) is 32.1 Å². The van der Waals surface area contributed by atoms with Gasteiger partial charge in [0.1, 0.15) is 0 Å². The molecule has 0 bridgehead atoms. The van der Waals surface area contributed by atoms with Gasteiger partial charge in [-0.15, -0.1) is 0 Å². The lowest BCUT2D eigenvalue weighted by Crippen LogP contribution is -1.70. The summed E-state index contributed by atoms with van der Waals surface area (Å²) in [5.74, 6) is 0. The number of hydrogen-bond donors (Lipinski definition) is 0. The molecule has 0 aliphatic carbocycles. The van der Waals surface area contributed by atoms with Gasteiger partial charge in [0.25, 0.3) is 0 Å². The van der Waals surface area contributed by atoms with Crippen LogP contribution in [0.15, 0.2) is 0 Å². The highest BCUT2D eigenvalue weighted by molar-refractivity contribution is 5.75. The molecule has 0 heterocycles. The highest BCUT2D eigenvalue weighted by atomic mass is 24.3. The molecule has 0 saturated heterocycles. The third-order valence-corrected chi connectivity index (χ3v) is 1.21. The van der Waals surface area contributed by atoms with Crippen molar-refractivity contribution >= 4 is 23.1 Å². The maximum Gasteiger partial charge on any atom is 0.316 e. The summed E-state index contributed by atoms with van der Waals surface area (Å²) in [5, 5.41) is 0. The van der Waals surface area contributed by atoms with Crippen LogP contribution in [0.25, 0.3) is 0 Å². The summed E-state index contributed by atoms with van der Waals surface area (Å²) in [4.78, 5) is 0. The molecule has 0 radical (unpaired) electrons. The average Bonchev–Trinajstić information content (AvgIpc) is 1.69. The normalized spacial score (nSPS) is 8.25. The van der Waals surface area contributed by atoms with E-state index in [0.29, 0.717) is 0 Å². The van der Waals surface area contributed by atoms with Crippen LogP contribution in [0, 0.1) is 0 Å². The van der Waals surface area contributed by atoms with E-state index in [0.717, 1.165) is 0 Å². The fraction of sp³-hybridized carbons (Fsp3) is 1.00. The molecule has 0 aliphatic rings. The Morgan fingerprint density at radius 2 is 1.12 bits per heavy atom. The summed E-state index contributed by atoms with van der Waals surface area (Å²) in [6.07, 6.45) is 7.01. The van der Waals surface area contributed by atoms with E-state index in [-0.39, 0.29) is 23.1 Å². The van der Waals surface area contributed by atoms with Gasteiger partial charge in [0.15, 0.2) is 0 Å². The lowest BCUT2D eigenvalue weighted by molar-refractivity contribution is 0.656. The maximum absolute atomic E-state index is 2.25. The first-order valence-electron chi connectivity index (χ1n) is 3.41. The molecule has 0 aromatic carbocycles. The molecule has 0 rings (SSSR count). The van der Waals surface area contributed by atoms with Gasteiger partial charge in [0.05, 0.1) is 0 Å². The molecular weight excluding hydrogens is 108 g/mol. The van der Waals surface area contributed by atoms with Crippen molar-refractivity contribution in [2.24, 2.45) is 0 Å². The zero-order valence-electron chi connectivity index (χ0n) is 5.54. The first-order valence-corrected chi connectivity index (χ1v) is 3.41. The SMILES string of the molecule is CCCCCCC.[MgH2]. The Hall–Kier alpha value is 0.766. The predicted molar refractivity (Wildman–Crippen MR) is 43.0 cm³/mol. The monoisotopic (exact) mass is 126 g/mol. The van der Waals surface area contributed by atoms with Crippen LogP contribution in [-0.2, 0) is 0 Å². The smallest absolute Gasteiger partial charge is 0.0654 e. The molecule has 0 amide bonds. The largest absolute Gasteiger partial charge is 0.316 e. The molecule has 0 atom stereocenters. The van der Waals surface area contributed by atoms with Crippen LogP contribution >= 0.6 is 0 Å². The maximum atomic E-state index is 2.25. The zero-order chi connectivity index (χ0) is 5.54. The topological polar surface area (TPSA) is 0 Å². The Bertz CT molecular complexity index is 23.6. The first kappa shape index (κ1) is 11.5. The number of hydrogen-bond acceptors (Lipinski definition) is 0. The summed E-state index contributed by atoms with van der Waals surface area (Å²) in [5.41, 5.74) is 0.